The van der Waals surface area contributed by atoms with Crippen molar-refractivity contribution in [1.29, 1.82) is 0 Å². The van der Waals surface area contributed by atoms with Crippen LogP contribution in [0.4, 0.5) is 0 Å². The van der Waals surface area contributed by atoms with Gasteiger partial charge < -0.3 is 9.47 Å². The summed E-state index contributed by atoms with van der Waals surface area (Å²) in [5.41, 5.74) is 1.80. The van der Waals surface area contributed by atoms with Gasteiger partial charge in [-0.2, -0.15) is 5.10 Å². The van der Waals surface area contributed by atoms with E-state index < -0.39 is 23.6 Å². The van der Waals surface area contributed by atoms with Gasteiger partial charge in [0.15, 0.2) is 0 Å². The predicted molar refractivity (Wildman–Crippen MR) is 118 cm³/mol. The Morgan fingerprint density at radius 2 is 1.87 bits per heavy atom. The van der Waals surface area contributed by atoms with Crippen molar-refractivity contribution >= 4 is 27.9 Å². The van der Waals surface area contributed by atoms with E-state index in [0.717, 1.165) is 15.6 Å². The summed E-state index contributed by atoms with van der Waals surface area (Å²) in [6, 6.07) is 18.4. The van der Waals surface area contributed by atoms with Gasteiger partial charge in [0.2, 0.25) is 0 Å². The lowest BCUT2D eigenvalue weighted by Crippen LogP contribution is -2.33. The van der Waals surface area contributed by atoms with Gasteiger partial charge in [-0.3, -0.25) is 10.1 Å². The first kappa shape index (κ1) is 21.3. The van der Waals surface area contributed by atoms with Crippen LogP contribution in [-0.2, 0) is 26.4 Å². The fraction of sp³-hybridized carbons (Fsp3) is 0.261. The molecule has 0 aliphatic carbocycles. The third-order valence-corrected chi connectivity index (χ3v) is 5.78. The van der Waals surface area contributed by atoms with Crippen LogP contribution in [0.15, 0.2) is 65.1 Å². The molecule has 1 N–H and O–H groups in total. The smallest absolute Gasteiger partial charge is 0.356 e. The molecule has 1 aliphatic rings. The summed E-state index contributed by atoms with van der Waals surface area (Å²) in [4.78, 5) is 25.2. The molecule has 0 saturated carbocycles. The van der Waals surface area contributed by atoms with Crippen molar-refractivity contribution < 1.29 is 19.1 Å². The molecule has 2 atom stereocenters. The number of aromatic nitrogens is 2. The van der Waals surface area contributed by atoms with E-state index in [9.17, 15) is 9.59 Å². The summed E-state index contributed by atoms with van der Waals surface area (Å²) in [7, 11) is 1.35. The monoisotopic (exact) mass is 483 g/mol. The molecule has 0 bridgehead atoms. The highest BCUT2D eigenvalue weighted by Gasteiger charge is 2.62. The third kappa shape index (κ3) is 4.13. The fourth-order valence-electron chi connectivity index (χ4n) is 3.70. The molecule has 0 radical (unpaired) electrons. The number of carbonyl (C=O) groups excluding carboxylic acids is 2. The van der Waals surface area contributed by atoms with Crippen molar-refractivity contribution in [3.63, 3.8) is 0 Å². The van der Waals surface area contributed by atoms with Crippen LogP contribution >= 0.6 is 15.9 Å². The van der Waals surface area contributed by atoms with Crippen molar-refractivity contribution in [1.82, 2.24) is 15.1 Å². The number of hydrogen-bond donors (Lipinski definition) is 1. The fourth-order valence-corrected chi connectivity index (χ4v) is 3.96. The molecule has 0 unspecified atom stereocenters. The van der Waals surface area contributed by atoms with Gasteiger partial charge in [0.05, 0.1) is 19.4 Å². The molecule has 8 heteroatoms. The number of nitrogens with one attached hydrogen (secondary N) is 1. The van der Waals surface area contributed by atoms with Gasteiger partial charge in [-0.1, -0.05) is 58.4 Å². The molecule has 0 spiro atoms. The van der Waals surface area contributed by atoms with E-state index >= 15 is 0 Å². The van der Waals surface area contributed by atoms with Crippen LogP contribution in [0.2, 0.25) is 0 Å². The third-order valence-electron chi connectivity index (χ3n) is 5.25. The van der Waals surface area contributed by atoms with Crippen LogP contribution in [0.1, 0.15) is 23.0 Å². The molecule has 1 saturated heterocycles. The standard InChI is InChI=1S/C23H22BrN3O4/c1-3-31-21(28)19-13-18(16-9-11-17(24)12-10-16)26-27(19)23(20(25-23)22(29)30-2)14-15-7-5-4-6-8-15/h4-13,20,25H,3,14H2,1-2H3/t20-,23-/m1/s1. The Kier molecular flexibility index (Phi) is 5.93. The van der Waals surface area contributed by atoms with Crippen molar-refractivity contribution in [3.8, 4) is 11.3 Å². The normalized spacial score (nSPS) is 19.6. The van der Waals surface area contributed by atoms with Gasteiger partial charge in [-0.05, 0) is 30.7 Å². The largest absolute Gasteiger partial charge is 0.468 e. The average molecular weight is 484 g/mol. The van der Waals surface area contributed by atoms with Crippen LogP contribution in [0.3, 0.4) is 0 Å². The molecule has 2 heterocycles. The minimum Gasteiger partial charge on any atom is -0.468 e. The van der Waals surface area contributed by atoms with Crippen molar-refractivity contribution in [2.75, 3.05) is 13.7 Å². The van der Waals surface area contributed by atoms with Crippen molar-refractivity contribution in [2.24, 2.45) is 0 Å². The summed E-state index contributed by atoms with van der Waals surface area (Å²) in [6.45, 7) is 1.98. The minimum absolute atomic E-state index is 0.233. The van der Waals surface area contributed by atoms with E-state index in [0.29, 0.717) is 12.1 Å². The first-order valence-electron chi connectivity index (χ1n) is 9.91. The zero-order valence-corrected chi connectivity index (χ0v) is 18.8. The van der Waals surface area contributed by atoms with Gasteiger partial charge in [0.1, 0.15) is 17.4 Å². The Hall–Kier alpha value is -2.97. The Morgan fingerprint density at radius 1 is 1.16 bits per heavy atom. The summed E-state index contributed by atoms with van der Waals surface area (Å²) in [5.74, 6) is -0.908. The number of halogens is 1. The Bertz CT molecular complexity index is 1100. The Morgan fingerprint density at radius 3 is 2.52 bits per heavy atom. The maximum absolute atomic E-state index is 12.8. The minimum atomic E-state index is -0.926. The van der Waals surface area contributed by atoms with E-state index in [1.165, 1.54) is 7.11 Å². The number of rotatable bonds is 7. The summed E-state index contributed by atoms with van der Waals surface area (Å²) < 4.78 is 12.8. The Balaban J connectivity index is 1.82. The van der Waals surface area contributed by atoms with Crippen molar-refractivity contribution in [3.05, 3.63) is 76.4 Å². The second-order valence-corrected chi connectivity index (χ2v) is 8.16. The van der Waals surface area contributed by atoms with Crippen molar-refractivity contribution in [2.45, 2.75) is 25.0 Å². The van der Waals surface area contributed by atoms with Gasteiger partial charge in [-0.25, -0.2) is 9.48 Å². The van der Waals surface area contributed by atoms with Crippen LogP contribution < -0.4 is 5.32 Å². The predicted octanol–water partition coefficient (Wildman–Crippen LogP) is 3.53. The lowest BCUT2D eigenvalue weighted by molar-refractivity contribution is -0.140. The number of esters is 2. The number of methoxy groups -OCH3 is 1. The van der Waals surface area contributed by atoms with Crippen LogP contribution in [0.5, 0.6) is 0 Å². The van der Waals surface area contributed by atoms with E-state index in [4.69, 9.17) is 14.6 Å². The molecule has 31 heavy (non-hydrogen) atoms. The molecule has 0 amide bonds. The molecule has 7 nitrogen and oxygen atoms in total. The van der Waals surface area contributed by atoms with E-state index in [2.05, 4.69) is 21.2 Å². The van der Waals surface area contributed by atoms with Gasteiger partial charge in [0, 0.05) is 16.5 Å². The van der Waals surface area contributed by atoms with Crippen LogP contribution in [-0.4, -0.2) is 41.5 Å². The highest BCUT2D eigenvalue weighted by molar-refractivity contribution is 9.10. The maximum Gasteiger partial charge on any atom is 0.356 e. The number of hydrogen-bond acceptors (Lipinski definition) is 6. The molecule has 4 rings (SSSR count). The second-order valence-electron chi connectivity index (χ2n) is 7.24. The SMILES string of the molecule is CCOC(=O)c1cc(-c2ccc(Br)cc2)nn1[C@@]1(Cc2ccccc2)N[C@@H]1C(=O)OC. The highest BCUT2D eigenvalue weighted by atomic mass is 79.9. The van der Waals surface area contributed by atoms with Gasteiger partial charge >= 0.3 is 11.9 Å². The first-order valence-corrected chi connectivity index (χ1v) is 10.7. The molecule has 1 aliphatic heterocycles. The number of carbonyl (C=O) groups is 2. The second kappa shape index (κ2) is 8.64. The molecule has 1 fully saturated rings. The molecule has 160 valence electrons. The molecular weight excluding hydrogens is 462 g/mol. The zero-order chi connectivity index (χ0) is 22.0. The summed E-state index contributed by atoms with van der Waals surface area (Å²) >= 11 is 3.43. The molecule has 1 aromatic heterocycles. The zero-order valence-electron chi connectivity index (χ0n) is 17.2. The lowest BCUT2D eigenvalue weighted by Gasteiger charge is -2.18. The molecule has 3 aromatic rings. The quantitative estimate of drug-likeness (QED) is 0.408. The first-order chi connectivity index (χ1) is 15.0. The maximum atomic E-state index is 12.8. The number of ether oxygens (including phenoxy) is 2. The summed E-state index contributed by atoms with van der Waals surface area (Å²) in [5, 5.41) is 7.96. The topological polar surface area (TPSA) is 92.4 Å². The highest BCUT2D eigenvalue weighted by Crippen LogP contribution is 2.39. The van der Waals surface area contributed by atoms with Gasteiger partial charge in [0.25, 0.3) is 0 Å². The van der Waals surface area contributed by atoms with E-state index in [1.807, 2.05) is 54.6 Å². The molecule has 2 aromatic carbocycles. The van der Waals surface area contributed by atoms with E-state index in [1.54, 1.807) is 17.7 Å². The molecular formula is C23H22BrN3O4. The van der Waals surface area contributed by atoms with Crippen LogP contribution in [0, 0.1) is 0 Å². The van der Waals surface area contributed by atoms with Crippen LogP contribution in [0.25, 0.3) is 11.3 Å². The Labute approximate surface area is 188 Å². The van der Waals surface area contributed by atoms with Gasteiger partial charge in [-0.15, -0.1) is 0 Å². The number of nitrogens with zero attached hydrogens (tertiary/aromatic N) is 2. The summed E-state index contributed by atoms with van der Waals surface area (Å²) in [6.07, 6.45) is 0.446. The number of benzene rings is 2. The lowest BCUT2D eigenvalue weighted by atomic mass is 10.0. The van der Waals surface area contributed by atoms with E-state index in [-0.39, 0.29) is 12.3 Å². The average Bonchev–Trinajstić information content (AvgIpc) is 3.32.